The van der Waals surface area contributed by atoms with E-state index in [0.29, 0.717) is 35.8 Å². The molecule has 0 aliphatic heterocycles. The van der Waals surface area contributed by atoms with E-state index in [1.54, 1.807) is 24.3 Å². The SMILES string of the molecule is COc1cc(CC(=O)OCC(=O)NCCc2ccc(F)cc2)cc(OC)c1OC. The highest BCUT2D eigenvalue weighted by Crippen LogP contribution is 2.38. The molecule has 0 aliphatic rings. The average Bonchev–Trinajstić information content (AvgIpc) is 2.72. The topological polar surface area (TPSA) is 83.1 Å². The molecule has 0 aliphatic carbocycles. The second-order valence-corrected chi connectivity index (χ2v) is 6.10. The Morgan fingerprint density at radius 2 is 1.55 bits per heavy atom. The average molecular weight is 405 g/mol. The molecule has 1 N–H and O–H groups in total. The number of methoxy groups -OCH3 is 3. The van der Waals surface area contributed by atoms with Gasteiger partial charge in [0.1, 0.15) is 5.82 Å². The van der Waals surface area contributed by atoms with Gasteiger partial charge < -0.3 is 24.3 Å². The van der Waals surface area contributed by atoms with Crippen molar-refractivity contribution in [1.82, 2.24) is 5.32 Å². The van der Waals surface area contributed by atoms with Crippen LogP contribution in [-0.4, -0.2) is 46.4 Å². The molecular formula is C21H24FNO6. The van der Waals surface area contributed by atoms with Crippen LogP contribution in [0, 0.1) is 5.82 Å². The molecule has 0 aromatic heterocycles. The van der Waals surface area contributed by atoms with Crippen LogP contribution in [0.1, 0.15) is 11.1 Å². The van der Waals surface area contributed by atoms with E-state index < -0.39 is 11.9 Å². The quantitative estimate of drug-likeness (QED) is 0.611. The Balaban J connectivity index is 1.80. The molecule has 0 saturated carbocycles. The van der Waals surface area contributed by atoms with E-state index in [9.17, 15) is 14.0 Å². The minimum atomic E-state index is -0.562. The summed E-state index contributed by atoms with van der Waals surface area (Å²) in [6, 6.07) is 9.32. The molecule has 2 rings (SSSR count). The van der Waals surface area contributed by atoms with Crippen LogP contribution in [0.15, 0.2) is 36.4 Å². The Morgan fingerprint density at radius 1 is 0.931 bits per heavy atom. The number of ether oxygens (including phenoxy) is 4. The molecule has 2 aromatic rings. The second kappa shape index (κ2) is 10.9. The fraction of sp³-hybridized carbons (Fsp3) is 0.333. The lowest BCUT2D eigenvalue weighted by Gasteiger charge is -2.14. The molecule has 1 amide bonds. The first-order valence-corrected chi connectivity index (χ1v) is 8.92. The van der Waals surface area contributed by atoms with E-state index in [4.69, 9.17) is 18.9 Å². The molecule has 0 spiro atoms. The number of hydrogen-bond acceptors (Lipinski definition) is 6. The number of carbonyl (C=O) groups is 2. The Bertz CT molecular complexity index is 813. The van der Waals surface area contributed by atoms with E-state index in [1.807, 2.05) is 0 Å². The van der Waals surface area contributed by atoms with Crippen LogP contribution in [0.5, 0.6) is 17.2 Å². The maximum absolute atomic E-state index is 12.9. The van der Waals surface area contributed by atoms with Gasteiger partial charge >= 0.3 is 5.97 Å². The zero-order valence-electron chi connectivity index (χ0n) is 16.6. The smallest absolute Gasteiger partial charge is 0.310 e. The van der Waals surface area contributed by atoms with Gasteiger partial charge in [-0.25, -0.2) is 4.39 Å². The summed E-state index contributed by atoms with van der Waals surface area (Å²) in [5.41, 5.74) is 1.49. The normalized spacial score (nSPS) is 10.2. The third-order valence-corrected chi connectivity index (χ3v) is 4.09. The number of halogens is 1. The highest BCUT2D eigenvalue weighted by Gasteiger charge is 2.16. The van der Waals surface area contributed by atoms with E-state index in [0.717, 1.165) is 5.56 Å². The predicted molar refractivity (Wildman–Crippen MR) is 104 cm³/mol. The largest absolute Gasteiger partial charge is 0.493 e. The number of amides is 1. The number of nitrogens with one attached hydrogen (secondary N) is 1. The molecule has 0 radical (unpaired) electrons. The first-order valence-electron chi connectivity index (χ1n) is 8.92. The monoisotopic (exact) mass is 405 g/mol. The van der Waals surface area contributed by atoms with E-state index in [2.05, 4.69) is 5.32 Å². The molecule has 29 heavy (non-hydrogen) atoms. The molecule has 0 heterocycles. The Morgan fingerprint density at radius 3 is 2.10 bits per heavy atom. The van der Waals surface area contributed by atoms with Crippen molar-refractivity contribution >= 4 is 11.9 Å². The summed E-state index contributed by atoms with van der Waals surface area (Å²) in [5.74, 6) is -0.0101. The first kappa shape index (κ1) is 22.0. The van der Waals surface area contributed by atoms with Gasteiger partial charge in [-0.2, -0.15) is 0 Å². The van der Waals surface area contributed by atoms with Crippen molar-refractivity contribution in [3.05, 3.63) is 53.3 Å². The van der Waals surface area contributed by atoms with Gasteiger partial charge in [-0.3, -0.25) is 9.59 Å². The Labute approximate surface area is 168 Å². The molecule has 0 atom stereocenters. The fourth-order valence-electron chi connectivity index (χ4n) is 2.65. The molecule has 156 valence electrons. The molecule has 0 unspecified atom stereocenters. The van der Waals surface area contributed by atoms with Crippen molar-refractivity contribution in [3.8, 4) is 17.2 Å². The van der Waals surface area contributed by atoms with E-state index >= 15 is 0 Å². The highest BCUT2D eigenvalue weighted by molar-refractivity contribution is 5.81. The summed E-state index contributed by atoms with van der Waals surface area (Å²) >= 11 is 0. The summed E-state index contributed by atoms with van der Waals surface area (Å²) in [4.78, 5) is 23.9. The van der Waals surface area contributed by atoms with Crippen molar-refractivity contribution in [1.29, 1.82) is 0 Å². The lowest BCUT2D eigenvalue weighted by Crippen LogP contribution is -2.30. The summed E-state index contributed by atoms with van der Waals surface area (Å²) in [5, 5.41) is 2.65. The summed E-state index contributed by atoms with van der Waals surface area (Å²) in [6.45, 7) is -0.0262. The molecular weight excluding hydrogens is 381 g/mol. The Hall–Kier alpha value is -3.29. The minimum absolute atomic E-state index is 0.0560. The number of carbonyl (C=O) groups excluding carboxylic acids is 2. The van der Waals surface area contributed by atoms with Gasteiger partial charge in [0.15, 0.2) is 18.1 Å². The van der Waals surface area contributed by atoms with Gasteiger partial charge in [-0.05, 0) is 41.8 Å². The summed E-state index contributed by atoms with van der Waals surface area (Å²) < 4.78 is 33.6. The molecule has 7 nitrogen and oxygen atoms in total. The van der Waals surface area contributed by atoms with Crippen LogP contribution in [0.25, 0.3) is 0 Å². The van der Waals surface area contributed by atoms with Crippen LogP contribution in [0.4, 0.5) is 4.39 Å². The van der Waals surface area contributed by atoms with Crippen molar-refractivity contribution in [2.75, 3.05) is 34.5 Å². The standard InChI is InChI=1S/C21H24FNO6/c1-26-17-10-15(11-18(27-2)21(17)28-3)12-20(25)29-13-19(24)23-9-8-14-4-6-16(22)7-5-14/h4-7,10-11H,8-9,12-13H2,1-3H3,(H,23,24). The van der Waals surface area contributed by atoms with E-state index in [1.165, 1.54) is 33.5 Å². The minimum Gasteiger partial charge on any atom is -0.493 e. The zero-order valence-corrected chi connectivity index (χ0v) is 16.6. The molecule has 8 heteroatoms. The maximum Gasteiger partial charge on any atom is 0.310 e. The number of hydrogen-bond donors (Lipinski definition) is 1. The van der Waals surface area contributed by atoms with Crippen LogP contribution in [0.3, 0.4) is 0 Å². The van der Waals surface area contributed by atoms with Crippen LogP contribution in [-0.2, 0) is 27.2 Å². The van der Waals surface area contributed by atoms with Crippen molar-refractivity contribution < 1.29 is 32.9 Å². The van der Waals surface area contributed by atoms with Gasteiger partial charge in [0.25, 0.3) is 5.91 Å². The Kier molecular flexibility index (Phi) is 8.27. The zero-order chi connectivity index (χ0) is 21.2. The highest BCUT2D eigenvalue weighted by atomic mass is 19.1. The third-order valence-electron chi connectivity index (χ3n) is 4.09. The first-order chi connectivity index (χ1) is 14.0. The van der Waals surface area contributed by atoms with Gasteiger partial charge in [-0.15, -0.1) is 0 Å². The van der Waals surface area contributed by atoms with E-state index in [-0.39, 0.29) is 18.8 Å². The van der Waals surface area contributed by atoms with Crippen LogP contribution in [0.2, 0.25) is 0 Å². The van der Waals surface area contributed by atoms with Crippen molar-refractivity contribution in [2.45, 2.75) is 12.8 Å². The lowest BCUT2D eigenvalue weighted by molar-refractivity contribution is -0.147. The maximum atomic E-state index is 12.9. The third kappa shape index (κ3) is 6.67. The summed E-state index contributed by atoms with van der Waals surface area (Å²) in [7, 11) is 4.45. The lowest BCUT2D eigenvalue weighted by atomic mass is 10.1. The number of rotatable bonds is 10. The molecule has 0 fully saturated rings. The fourth-order valence-corrected chi connectivity index (χ4v) is 2.65. The molecule has 2 aromatic carbocycles. The van der Waals surface area contributed by atoms with Crippen LogP contribution >= 0.6 is 0 Å². The van der Waals surface area contributed by atoms with Gasteiger partial charge in [0.2, 0.25) is 5.75 Å². The van der Waals surface area contributed by atoms with Gasteiger partial charge in [0.05, 0.1) is 27.8 Å². The predicted octanol–water partition coefficient (Wildman–Crippen LogP) is 2.30. The number of esters is 1. The molecule has 0 saturated heterocycles. The molecule has 0 bridgehead atoms. The van der Waals surface area contributed by atoms with Gasteiger partial charge in [-0.1, -0.05) is 12.1 Å². The van der Waals surface area contributed by atoms with Crippen molar-refractivity contribution in [3.63, 3.8) is 0 Å². The number of benzene rings is 2. The van der Waals surface area contributed by atoms with Gasteiger partial charge in [0, 0.05) is 6.54 Å². The van der Waals surface area contributed by atoms with Crippen molar-refractivity contribution in [2.24, 2.45) is 0 Å². The second-order valence-electron chi connectivity index (χ2n) is 6.10. The summed E-state index contributed by atoms with van der Waals surface area (Å²) in [6.07, 6.45) is 0.491. The van der Waals surface area contributed by atoms with Crippen LogP contribution < -0.4 is 19.5 Å².